The van der Waals surface area contributed by atoms with Crippen LogP contribution in [0.4, 0.5) is 22.0 Å². The van der Waals surface area contributed by atoms with Crippen LogP contribution in [0.15, 0.2) is 78.1 Å². The van der Waals surface area contributed by atoms with Crippen LogP contribution in [0, 0.1) is 11.6 Å². The van der Waals surface area contributed by atoms with E-state index in [-0.39, 0.29) is 16.2 Å². The monoisotopic (exact) mass is 583 g/mol. The molecule has 0 aliphatic rings. The van der Waals surface area contributed by atoms with Crippen molar-refractivity contribution in [3.8, 4) is 28.1 Å². The SMILES string of the molecule is CNCc1cc(-c2ccc(F)cc2F)n(S(=O)(=O)c2cccc(-c3cncc(OC)c3)c2)c1.O=C(O)C(F)(F)F. The van der Waals surface area contributed by atoms with Gasteiger partial charge in [0.25, 0.3) is 10.0 Å². The highest BCUT2D eigenvalue weighted by atomic mass is 32.2. The average molecular weight is 584 g/mol. The molecule has 2 N–H and O–H groups in total. The minimum absolute atomic E-state index is 0.0122. The molecule has 0 spiro atoms. The van der Waals surface area contributed by atoms with Crippen LogP contribution in [-0.4, -0.2) is 48.8 Å². The maximum absolute atomic E-state index is 14.6. The lowest BCUT2D eigenvalue weighted by Crippen LogP contribution is -2.21. The Kier molecular flexibility index (Phi) is 9.27. The Bertz CT molecular complexity index is 1620. The Labute approximate surface area is 225 Å². The van der Waals surface area contributed by atoms with Crippen molar-refractivity contribution in [3.05, 3.63) is 90.4 Å². The van der Waals surface area contributed by atoms with E-state index in [9.17, 15) is 30.4 Å². The molecule has 4 aromatic rings. The largest absolute Gasteiger partial charge is 0.495 e. The van der Waals surface area contributed by atoms with Gasteiger partial charge in [0.15, 0.2) is 0 Å². The summed E-state index contributed by atoms with van der Waals surface area (Å²) in [6.07, 6.45) is -0.491. The number of benzene rings is 2. The van der Waals surface area contributed by atoms with Crippen molar-refractivity contribution in [3.63, 3.8) is 0 Å². The van der Waals surface area contributed by atoms with Crippen molar-refractivity contribution in [2.45, 2.75) is 17.6 Å². The molecular weight excluding hydrogens is 561 g/mol. The summed E-state index contributed by atoms with van der Waals surface area (Å²) in [4.78, 5) is 13.0. The number of ether oxygens (including phenoxy) is 1. The first kappa shape index (κ1) is 30.2. The zero-order valence-electron chi connectivity index (χ0n) is 20.9. The Morgan fingerprint density at radius 2 is 1.75 bits per heavy atom. The first-order valence-corrected chi connectivity index (χ1v) is 12.7. The van der Waals surface area contributed by atoms with Gasteiger partial charge >= 0.3 is 12.1 Å². The molecule has 0 fully saturated rings. The van der Waals surface area contributed by atoms with Gasteiger partial charge in [-0.3, -0.25) is 4.98 Å². The fourth-order valence-corrected chi connectivity index (χ4v) is 4.97. The molecule has 8 nitrogen and oxygen atoms in total. The summed E-state index contributed by atoms with van der Waals surface area (Å²) in [5, 5.41) is 10.1. The number of nitrogens with zero attached hydrogens (tertiary/aromatic N) is 2. The zero-order valence-corrected chi connectivity index (χ0v) is 21.7. The van der Waals surface area contributed by atoms with Crippen molar-refractivity contribution >= 4 is 16.0 Å². The number of hydrogen-bond donors (Lipinski definition) is 2. The highest BCUT2D eigenvalue weighted by Crippen LogP contribution is 2.31. The van der Waals surface area contributed by atoms with E-state index in [0.717, 1.165) is 16.1 Å². The zero-order chi connectivity index (χ0) is 29.7. The molecule has 0 unspecified atom stereocenters. The summed E-state index contributed by atoms with van der Waals surface area (Å²) in [6, 6.07) is 12.7. The summed E-state index contributed by atoms with van der Waals surface area (Å²) < 4.78 is 93.3. The molecule has 0 radical (unpaired) electrons. The molecule has 0 saturated carbocycles. The number of pyridine rings is 1. The third-order valence-electron chi connectivity index (χ3n) is 5.35. The molecule has 4 rings (SSSR count). The Balaban J connectivity index is 0.000000559. The number of alkyl halides is 3. The van der Waals surface area contributed by atoms with E-state index < -0.39 is 33.8 Å². The second-order valence-corrected chi connectivity index (χ2v) is 9.95. The predicted octanol–water partition coefficient (Wildman–Crippen LogP) is 5.09. The van der Waals surface area contributed by atoms with Gasteiger partial charge < -0.3 is 15.2 Å². The number of aliphatic carboxylic acids is 1. The van der Waals surface area contributed by atoms with E-state index in [0.29, 0.717) is 29.0 Å². The Hall–Kier alpha value is -4.30. The standard InChI is InChI=1S/C24H21F2N3O3S.C2HF3O2/c1-27-12-16-8-24(22-7-6-19(25)11-23(22)26)29(15-16)33(30,31)21-5-3-4-17(10-21)18-9-20(32-2)14-28-13-18;3-2(4,5)1(6)7/h3-11,13-15,27H,12H2,1-2H3;(H,6,7). The molecule has 14 heteroatoms. The smallest absolute Gasteiger partial charge is 0.490 e. The lowest BCUT2D eigenvalue weighted by atomic mass is 10.1. The Morgan fingerprint density at radius 1 is 1.05 bits per heavy atom. The third kappa shape index (κ3) is 7.01. The second-order valence-electron chi connectivity index (χ2n) is 8.13. The second kappa shape index (κ2) is 12.3. The van der Waals surface area contributed by atoms with Gasteiger partial charge in [0.1, 0.15) is 17.4 Å². The van der Waals surface area contributed by atoms with Gasteiger partial charge in [-0.2, -0.15) is 13.2 Å². The average Bonchev–Trinajstić information content (AvgIpc) is 3.33. The number of methoxy groups -OCH3 is 1. The van der Waals surface area contributed by atoms with E-state index >= 15 is 0 Å². The highest BCUT2D eigenvalue weighted by Gasteiger charge is 2.38. The Morgan fingerprint density at radius 3 is 2.35 bits per heavy atom. The first-order valence-electron chi connectivity index (χ1n) is 11.2. The predicted molar refractivity (Wildman–Crippen MR) is 135 cm³/mol. The van der Waals surface area contributed by atoms with Crippen LogP contribution in [-0.2, 0) is 21.4 Å². The molecule has 0 aliphatic carbocycles. The van der Waals surface area contributed by atoms with Crippen LogP contribution in [0.3, 0.4) is 0 Å². The summed E-state index contributed by atoms with van der Waals surface area (Å²) in [5.74, 6) is -3.81. The van der Waals surface area contributed by atoms with Gasteiger partial charge in [0, 0.05) is 36.1 Å². The van der Waals surface area contributed by atoms with E-state index in [1.807, 2.05) is 0 Å². The van der Waals surface area contributed by atoms with Crippen molar-refractivity contribution in [2.24, 2.45) is 0 Å². The van der Waals surface area contributed by atoms with E-state index in [4.69, 9.17) is 14.6 Å². The van der Waals surface area contributed by atoms with Crippen LogP contribution in [0.1, 0.15) is 5.56 Å². The quantitative estimate of drug-likeness (QED) is 0.292. The van der Waals surface area contributed by atoms with Gasteiger partial charge in [0.2, 0.25) is 0 Å². The molecule has 0 atom stereocenters. The van der Waals surface area contributed by atoms with Gasteiger partial charge in [-0.25, -0.2) is 26.0 Å². The van der Waals surface area contributed by atoms with Gasteiger partial charge in [-0.15, -0.1) is 0 Å². The normalized spacial score (nSPS) is 11.5. The van der Waals surface area contributed by atoms with Crippen LogP contribution < -0.4 is 10.1 Å². The fourth-order valence-electron chi connectivity index (χ4n) is 3.53. The van der Waals surface area contributed by atoms with Crippen molar-refractivity contribution in [2.75, 3.05) is 14.2 Å². The summed E-state index contributed by atoms with van der Waals surface area (Å²) >= 11 is 0. The topological polar surface area (TPSA) is 111 Å². The highest BCUT2D eigenvalue weighted by molar-refractivity contribution is 7.90. The fraction of sp³-hybridized carbons (Fsp3) is 0.154. The molecular formula is C26H22F5N3O5S. The van der Waals surface area contributed by atoms with Crippen LogP contribution in [0.25, 0.3) is 22.4 Å². The molecule has 2 aromatic carbocycles. The van der Waals surface area contributed by atoms with Crippen molar-refractivity contribution in [1.29, 1.82) is 0 Å². The lowest BCUT2D eigenvalue weighted by Gasteiger charge is -2.13. The first-order chi connectivity index (χ1) is 18.8. The minimum atomic E-state index is -5.08. The number of carbonyl (C=O) groups is 1. The van der Waals surface area contributed by atoms with Gasteiger partial charge in [0.05, 0.1) is 23.9 Å². The molecule has 0 bridgehead atoms. The number of hydrogen-bond acceptors (Lipinski definition) is 6. The number of aromatic nitrogens is 2. The number of rotatable bonds is 7. The van der Waals surface area contributed by atoms with Crippen LogP contribution in [0.5, 0.6) is 5.75 Å². The molecule has 40 heavy (non-hydrogen) atoms. The molecule has 2 heterocycles. The number of halogens is 5. The molecule has 212 valence electrons. The lowest BCUT2D eigenvalue weighted by molar-refractivity contribution is -0.192. The summed E-state index contributed by atoms with van der Waals surface area (Å²) in [6.45, 7) is 0.369. The molecule has 0 aliphatic heterocycles. The number of carboxylic acid groups (broad SMARTS) is 1. The van der Waals surface area contributed by atoms with E-state index in [2.05, 4.69) is 10.3 Å². The maximum Gasteiger partial charge on any atom is 0.490 e. The van der Waals surface area contributed by atoms with Gasteiger partial charge in [-0.1, -0.05) is 12.1 Å². The van der Waals surface area contributed by atoms with Crippen LogP contribution in [0.2, 0.25) is 0 Å². The van der Waals surface area contributed by atoms with E-state index in [1.165, 1.54) is 31.5 Å². The summed E-state index contributed by atoms with van der Waals surface area (Å²) in [7, 11) is -0.873. The maximum atomic E-state index is 14.6. The molecule has 2 aromatic heterocycles. The number of nitrogens with one attached hydrogen (secondary N) is 1. The minimum Gasteiger partial charge on any atom is -0.495 e. The van der Waals surface area contributed by atoms with E-state index in [1.54, 1.807) is 43.7 Å². The molecule has 0 saturated heterocycles. The number of carboxylic acids is 1. The van der Waals surface area contributed by atoms with Crippen molar-refractivity contribution < 1.29 is 45.0 Å². The molecule has 0 amide bonds. The van der Waals surface area contributed by atoms with Crippen molar-refractivity contribution in [1.82, 2.24) is 14.3 Å². The van der Waals surface area contributed by atoms with Crippen LogP contribution >= 0.6 is 0 Å². The van der Waals surface area contributed by atoms with Gasteiger partial charge in [-0.05, 0) is 54.6 Å². The summed E-state index contributed by atoms with van der Waals surface area (Å²) in [5.41, 5.74) is 2.02. The third-order valence-corrected chi connectivity index (χ3v) is 7.02.